The molecule has 3 aromatic rings. The number of carbonyl (C=O) groups is 1. The first-order valence-electron chi connectivity index (χ1n) is 8.86. The maximum absolute atomic E-state index is 13.0. The van der Waals surface area contributed by atoms with Gasteiger partial charge >= 0.3 is 0 Å². The van der Waals surface area contributed by atoms with Crippen molar-refractivity contribution in [2.75, 3.05) is 11.9 Å². The fourth-order valence-corrected chi connectivity index (χ4v) is 4.09. The maximum atomic E-state index is 13.0. The van der Waals surface area contributed by atoms with Gasteiger partial charge in [0, 0.05) is 10.6 Å². The Morgan fingerprint density at radius 2 is 1.93 bits per heavy atom. The minimum Gasteiger partial charge on any atom is -0.494 e. The number of hydrogen-bond donors (Lipinski definition) is 1. The van der Waals surface area contributed by atoms with Gasteiger partial charge in [-0.1, -0.05) is 0 Å². The Labute approximate surface area is 161 Å². The van der Waals surface area contributed by atoms with Gasteiger partial charge in [0.2, 0.25) is 5.91 Å². The highest BCUT2D eigenvalue weighted by Gasteiger charge is 2.22. The van der Waals surface area contributed by atoms with Crippen LogP contribution in [0.1, 0.15) is 36.2 Å². The topological polar surface area (TPSA) is 73.2 Å². The van der Waals surface area contributed by atoms with Crippen LogP contribution in [-0.2, 0) is 4.79 Å². The molecule has 0 spiro atoms. The number of aryl methyl sites for hydroxylation is 3. The highest BCUT2D eigenvalue weighted by molar-refractivity contribution is 7.18. The zero-order valence-electron chi connectivity index (χ0n) is 16.1. The number of benzene rings is 1. The van der Waals surface area contributed by atoms with Crippen molar-refractivity contribution in [3.63, 3.8) is 0 Å². The van der Waals surface area contributed by atoms with E-state index in [1.807, 2.05) is 20.8 Å². The van der Waals surface area contributed by atoms with Gasteiger partial charge in [0.05, 0.1) is 12.0 Å². The Kier molecular flexibility index (Phi) is 5.32. The van der Waals surface area contributed by atoms with Crippen LogP contribution in [0, 0.1) is 20.8 Å². The van der Waals surface area contributed by atoms with Crippen molar-refractivity contribution in [1.29, 1.82) is 0 Å². The molecule has 0 aliphatic carbocycles. The van der Waals surface area contributed by atoms with Crippen molar-refractivity contribution in [2.45, 2.75) is 40.7 Å². The Hall–Kier alpha value is -2.67. The summed E-state index contributed by atoms with van der Waals surface area (Å²) in [6.07, 6.45) is 0. The van der Waals surface area contributed by atoms with Crippen molar-refractivity contribution in [3.8, 4) is 5.75 Å². The summed E-state index contributed by atoms with van der Waals surface area (Å²) < 4.78 is 6.87. The number of nitrogens with zero attached hydrogens (tertiary/aromatic N) is 2. The monoisotopic (exact) mass is 385 g/mol. The van der Waals surface area contributed by atoms with E-state index >= 15 is 0 Å². The number of thiophene rings is 1. The van der Waals surface area contributed by atoms with Crippen LogP contribution in [0.15, 0.2) is 29.1 Å². The van der Waals surface area contributed by atoms with Crippen LogP contribution < -0.4 is 15.6 Å². The van der Waals surface area contributed by atoms with Crippen molar-refractivity contribution in [1.82, 2.24) is 9.55 Å². The smallest absolute Gasteiger partial charge is 0.263 e. The molecule has 2 aromatic heterocycles. The number of fused-ring (bicyclic) bond motifs is 1. The molecule has 6 nitrogen and oxygen atoms in total. The lowest BCUT2D eigenvalue weighted by Gasteiger charge is -2.17. The van der Waals surface area contributed by atoms with Crippen LogP contribution in [0.25, 0.3) is 10.2 Å². The summed E-state index contributed by atoms with van der Waals surface area (Å²) in [5, 5.41) is 3.45. The van der Waals surface area contributed by atoms with Crippen LogP contribution in [-0.4, -0.2) is 22.1 Å². The number of carbonyl (C=O) groups excluding carboxylic acids is 1. The predicted octanol–water partition coefficient (Wildman–Crippen LogP) is 3.98. The van der Waals surface area contributed by atoms with E-state index in [1.165, 1.54) is 15.9 Å². The van der Waals surface area contributed by atoms with Gasteiger partial charge in [0.25, 0.3) is 5.56 Å². The molecule has 0 bridgehead atoms. The van der Waals surface area contributed by atoms with Crippen molar-refractivity contribution >= 4 is 33.1 Å². The molecule has 2 heterocycles. The summed E-state index contributed by atoms with van der Waals surface area (Å²) in [7, 11) is 0. The zero-order chi connectivity index (χ0) is 19.7. The third kappa shape index (κ3) is 3.60. The number of rotatable bonds is 5. The molecule has 1 aromatic carbocycles. The van der Waals surface area contributed by atoms with Crippen molar-refractivity contribution in [3.05, 3.63) is 50.9 Å². The molecular weight excluding hydrogens is 362 g/mol. The van der Waals surface area contributed by atoms with E-state index in [2.05, 4.69) is 10.3 Å². The van der Waals surface area contributed by atoms with Gasteiger partial charge in [-0.25, -0.2) is 4.98 Å². The molecule has 1 unspecified atom stereocenters. The molecule has 1 atom stereocenters. The summed E-state index contributed by atoms with van der Waals surface area (Å²) in [6, 6.07) is 6.47. The number of hydrogen-bond acceptors (Lipinski definition) is 5. The minimum atomic E-state index is -0.680. The quantitative estimate of drug-likeness (QED) is 0.721. The number of amides is 1. The van der Waals surface area contributed by atoms with Crippen molar-refractivity contribution < 1.29 is 9.53 Å². The molecule has 27 heavy (non-hydrogen) atoms. The first kappa shape index (κ1) is 19.1. The molecule has 0 aliphatic rings. The largest absolute Gasteiger partial charge is 0.494 e. The van der Waals surface area contributed by atoms with Gasteiger partial charge in [-0.15, -0.1) is 11.3 Å². The van der Waals surface area contributed by atoms with Gasteiger partial charge in [-0.2, -0.15) is 0 Å². The standard InChI is InChI=1S/C20H23N3O3S/c1-6-26-16-9-7-15(8-10-16)22-18(24)12(3)23-14(5)21-19-17(20(23)25)11(2)13(4)27-19/h7-10,12H,6H2,1-5H3,(H,22,24). The molecule has 1 N–H and O–H groups in total. The lowest BCUT2D eigenvalue weighted by molar-refractivity contribution is -0.118. The molecule has 1 amide bonds. The van der Waals surface area contributed by atoms with Crippen molar-refractivity contribution in [2.24, 2.45) is 0 Å². The van der Waals surface area contributed by atoms with Gasteiger partial charge in [-0.3, -0.25) is 14.2 Å². The molecule has 0 saturated heterocycles. The second-order valence-corrected chi connectivity index (χ2v) is 7.62. The molecule has 0 aliphatic heterocycles. The number of aromatic nitrogens is 2. The van der Waals surface area contributed by atoms with Gasteiger partial charge < -0.3 is 10.1 Å². The van der Waals surface area contributed by atoms with Crippen LogP contribution in [0.2, 0.25) is 0 Å². The summed E-state index contributed by atoms with van der Waals surface area (Å²) in [4.78, 5) is 32.1. The van der Waals surface area contributed by atoms with Crippen LogP contribution in [0.4, 0.5) is 5.69 Å². The van der Waals surface area contributed by atoms with Gasteiger partial charge in [0.1, 0.15) is 22.4 Å². The third-order valence-electron chi connectivity index (χ3n) is 4.61. The van der Waals surface area contributed by atoms with E-state index in [0.717, 1.165) is 21.0 Å². The van der Waals surface area contributed by atoms with Crippen LogP contribution >= 0.6 is 11.3 Å². The van der Waals surface area contributed by atoms with E-state index in [9.17, 15) is 9.59 Å². The highest BCUT2D eigenvalue weighted by Crippen LogP contribution is 2.27. The fourth-order valence-electron chi connectivity index (χ4n) is 3.03. The summed E-state index contributed by atoms with van der Waals surface area (Å²) in [6.45, 7) is 9.86. The first-order valence-corrected chi connectivity index (χ1v) is 9.67. The number of anilines is 1. The average Bonchev–Trinajstić information content (AvgIpc) is 2.90. The van der Waals surface area contributed by atoms with E-state index in [0.29, 0.717) is 23.5 Å². The van der Waals surface area contributed by atoms with Crippen LogP contribution in [0.5, 0.6) is 5.75 Å². The van der Waals surface area contributed by atoms with Crippen LogP contribution in [0.3, 0.4) is 0 Å². The first-order chi connectivity index (χ1) is 12.8. The second kappa shape index (κ2) is 7.52. The van der Waals surface area contributed by atoms with E-state index in [-0.39, 0.29) is 11.5 Å². The molecule has 0 radical (unpaired) electrons. The second-order valence-electron chi connectivity index (χ2n) is 6.42. The predicted molar refractivity (Wildman–Crippen MR) is 109 cm³/mol. The lowest BCUT2D eigenvalue weighted by atomic mass is 10.2. The highest BCUT2D eigenvalue weighted by atomic mass is 32.1. The van der Waals surface area contributed by atoms with E-state index < -0.39 is 6.04 Å². The molecule has 3 rings (SSSR count). The number of nitrogens with one attached hydrogen (secondary N) is 1. The normalized spacial score (nSPS) is 12.2. The van der Waals surface area contributed by atoms with E-state index in [1.54, 1.807) is 38.1 Å². The Morgan fingerprint density at radius 3 is 2.56 bits per heavy atom. The summed E-state index contributed by atoms with van der Waals surface area (Å²) in [5.41, 5.74) is 1.41. The zero-order valence-corrected chi connectivity index (χ0v) is 16.9. The molecule has 7 heteroatoms. The number of ether oxygens (including phenoxy) is 1. The summed E-state index contributed by atoms with van der Waals surface area (Å²) >= 11 is 1.51. The molecule has 0 fully saturated rings. The fraction of sp³-hybridized carbons (Fsp3) is 0.350. The average molecular weight is 385 g/mol. The Bertz CT molecular complexity index is 1050. The SMILES string of the molecule is CCOc1ccc(NC(=O)C(C)n2c(C)nc3sc(C)c(C)c3c2=O)cc1. The molecular formula is C20H23N3O3S. The summed E-state index contributed by atoms with van der Waals surface area (Å²) in [5.74, 6) is 1.01. The molecule has 142 valence electrons. The third-order valence-corrected chi connectivity index (χ3v) is 5.71. The maximum Gasteiger partial charge on any atom is 0.263 e. The lowest BCUT2D eigenvalue weighted by Crippen LogP contribution is -2.33. The van der Waals surface area contributed by atoms with E-state index in [4.69, 9.17) is 4.74 Å². The van der Waals surface area contributed by atoms with Gasteiger partial charge in [0.15, 0.2) is 0 Å². The molecule has 0 saturated carbocycles. The van der Waals surface area contributed by atoms with Gasteiger partial charge in [-0.05, 0) is 64.4 Å². The minimum absolute atomic E-state index is 0.173. The Balaban J connectivity index is 1.90. The Morgan fingerprint density at radius 1 is 1.26 bits per heavy atom.